The Hall–Kier alpha value is -2.00. The number of sulfonamides is 1. The Morgan fingerprint density at radius 2 is 2.07 bits per heavy atom. The van der Waals surface area contributed by atoms with Crippen LogP contribution in [-0.4, -0.2) is 26.7 Å². The summed E-state index contributed by atoms with van der Waals surface area (Å²) in [4.78, 5) is 0.739. The molecule has 1 aromatic carbocycles. The van der Waals surface area contributed by atoms with E-state index in [1.54, 1.807) is 25.3 Å². The van der Waals surface area contributed by atoms with Gasteiger partial charge in [-0.1, -0.05) is 42.4 Å². The molecule has 27 heavy (non-hydrogen) atoms. The van der Waals surface area contributed by atoms with Crippen LogP contribution >= 0.6 is 11.3 Å². The van der Waals surface area contributed by atoms with E-state index in [-0.39, 0.29) is 15.7 Å². The largest absolute Gasteiger partial charge is 0.377 e. The number of thiophene rings is 1. The summed E-state index contributed by atoms with van der Waals surface area (Å²) in [5.41, 5.74) is 1.60. The number of benzene rings is 1. The van der Waals surface area contributed by atoms with Gasteiger partial charge in [0.1, 0.15) is 16.5 Å². The molecule has 0 spiro atoms. The number of rotatable bonds is 7. The van der Waals surface area contributed by atoms with E-state index in [0.29, 0.717) is 18.1 Å². The van der Waals surface area contributed by atoms with Crippen molar-refractivity contribution in [3.05, 3.63) is 59.9 Å². The van der Waals surface area contributed by atoms with Crippen LogP contribution in [0.5, 0.6) is 0 Å². The van der Waals surface area contributed by atoms with E-state index in [1.165, 1.54) is 11.3 Å². The van der Waals surface area contributed by atoms with Crippen molar-refractivity contribution in [3.8, 4) is 10.6 Å². The first kappa shape index (κ1) is 18.4. The van der Waals surface area contributed by atoms with E-state index in [0.717, 1.165) is 16.9 Å². The SMILES string of the molecule is COCc1cc(-c2ccc(S(=O)(=O)N[C@H]3C[C@]3(C)c3ccccc3)s2)no1. The molecule has 2 aromatic heterocycles. The molecule has 6 nitrogen and oxygen atoms in total. The standard InChI is InChI=1S/C19H20N2O4S2/c1-19(13-6-4-3-5-7-13)11-17(19)21-27(22,23)18-9-8-16(26-18)15-10-14(12-24-2)25-20-15/h3-10,17,21H,11-12H2,1-2H3/t17-,19+/m0/s1. The molecule has 2 heterocycles. The third-order valence-corrected chi connectivity index (χ3v) is 7.98. The Bertz CT molecular complexity index is 1040. The molecular formula is C19H20N2O4S2. The molecule has 1 N–H and O–H groups in total. The number of nitrogens with one attached hydrogen (secondary N) is 1. The summed E-state index contributed by atoms with van der Waals surface area (Å²) in [6, 6.07) is 15.0. The highest BCUT2D eigenvalue weighted by Gasteiger charge is 2.53. The Morgan fingerprint density at radius 3 is 2.81 bits per heavy atom. The fourth-order valence-electron chi connectivity index (χ4n) is 3.16. The van der Waals surface area contributed by atoms with Crippen LogP contribution in [-0.2, 0) is 26.8 Å². The zero-order chi connectivity index (χ0) is 19.1. The normalized spacial score (nSPS) is 22.1. The molecule has 3 aromatic rings. The maximum absolute atomic E-state index is 12.8. The van der Waals surface area contributed by atoms with Crippen molar-refractivity contribution in [3.63, 3.8) is 0 Å². The van der Waals surface area contributed by atoms with Gasteiger partial charge >= 0.3 is 0 Å². The summed E-state index contributed by atoms with van der Waals surface area (Å²) in [7, 11) is -2.01. The van der Waals surface area contributed by atoms with Crippen LogP contribution in [0.1, 0.15) is 24.7 Å². The van der Waals surface area contributed by atoms with E-state index >= 15 is 0 Å². The minimum atomic E-state index is -3.58. The summed E-state index contributed by atoms with van der Waals surface area (Å²) in [5, 5.41) is 3.98. The fourth-order valence-corrected chi connectivity index (χ4v) is 5.79. The molecule has 0 aliphatic heterocycles. The van der Waals surface area contributed by atoms with Crippen LogP contribution in [0, 0.1) is 0 Å². The van der Waals surface area contributed by atoms with Gasteiger partial charge in [-0.25, -0.2) is 13.1 Å². The number of hydrogen-bond donors (Lipinski definition) is 1. The molecule has 1 aliphatic carbocycles. The van der Waals surface area contributed by atoms with Gasteiger partial charge in [0, 0.05) is 24.6 Å². The Morgan fingerprint density at radius 1 is 1.30 bits per heavy atom. The van der Waals surface area contributed by atoms with Crippen LogP contribution in [0.25, 0.3) is 10.6 Å². The third kappa shape index (κ3) is 3.58. The number of aromatic nitrogens is 1. The first-order valence-corrected chi connectivity index (χ1v) is 10.8. The number of ether oxygens (including phenoxy) is 1. The van der Waals surface area contributed by atoms with E-state index in [2.05, 4.69) is 16.8 Å². The van der Waals surface area contributed by atoms with Gasteiger partial charge in [0.25, 0.3) is 0 Å². The first-order valence-electron chi connectivity index (χ1n) is 8.55. The smallest absolute Gasteiger partial charge is 0.250 e. The lowest BCUT2D eigenvalue weighted by Crippen LogP contribution is -2.29. The van der Waals surface area contributed by atoms with Crippen molar-refractivity contribution in [2.24, 2.45) is 0 Å². The van der Waals surface area contributed by atoms with Gasteiger partial charge in [-0.3, -0.25) is 0 Å². The summed E-state index contributed by atoms with van der Waals surface area (Å²) >= 11 is 1.18. The van der Waals surface area contributed by atoms with Crippen LogP contribution in [0.3, 0.4) is 0 Å². The summed E-state index contributed by atoms with van der Waals surface area (Å²) in [5.74, 6) is 0.597. The van der Waals surface area contributed by atoms with Crippen molar-refractivity contribution in [2.45, 2.75) is 35.6 Å². The molecule has 1 saturated carbocycles. The van der Waals surface area contributed by atoms with Gasteiger partial charge in [0.15, 0.2) is 5.76 Å². The molecule has 2 atom stereocenters. The monoisotopic (exact) mass is 404 g/mol. The van der Waals surface area contributed by atoms with Gasteiger partial charge in [0.2, 0.25) is 10.0 Å². The summed E-state index contributed by atoms with van der Waals surface area (Å²) in [6.45, 7) is 2.41. The van der Waals surface area contributed by atoms with Crippen LogP contribution in [0.15, 0.2) is 57.3 Å². The minimum Gasteiger partial charge on any atom is -0.377 e. The molecule has 142 valence electrons. The zero-order valence-corrected chi connectivity index (χ0v) is 16.6. The lowest BCUT2D eigenvalue weighted by molar-refractivity contribution is 0.156. The van der Waals surface area contributed by atoms with E-state index in [4.69, 9.17) is 9.26 Å². The van der Waals surface area contributed by atoms with Crippen molar-refractivity contribution < 1.29 is 17.7 Å². The molecule has 0 radical (unpaired) electrons. The van der Waals surface area contributed by atoms with Gasteiger partial charge in [0.05, 0.1) is 4.88 Å². The summed E-state index contributed by atoms with van der Waals surface area (Å²) in [6.07, 6.45) is 0.790. The lowest BCUT2D eigenvalue weighted by Gasteiger charge is -2.12. The van der Waals surface area contributed by atoms with Gasteiger partial charge < -0.3 is 9.26 Å². The molecule has 1 aliphatic rings. The fraction of sp³-hybridized carbons (Fsp3) is 0.316. The average molecular weight is 405 g/mol. The predicted octanol–water partition coefficient (Wildman–Crippen LogP) is 3.56. The Balaban J connectivity index is 1.49. The topological polar surface area (TPSA) is 81.4 Å². The molecule has 0 amide bonds. The highest BCUT2D eigenvalue weighted by molar-refractivity contribution is 7.91. The van der Waals surface area contributed by atoms with Crippen molar-refractivity contribution in [1.29, 1.82) is 0 Å². The Kier molecular flexibility index (Phi) is 4.67. The molecule has 4 rings (SSSR count). The predicted molar refractivity (Wildman–Crippen MR) is 103 cm³/mol. The number of methoxy groups -OCH3 is 1. The molecule has 0 saturated heterocycles. The van der Waals surface area contributed by atoms with Gasteiger partial charge in [-0.2, -0.15) is 0 Å². The maximum atomic E-state index is 12.8. The van der Waals surface area contributed by atoms with Crippen LogP contribution in [0.2, 0.25) is 0 Å². The molecular weight excluding hydrogens is 384 g/mol. The van der Waals surface area contributed by atoms with E-state index in [9.17, 15) is 8.42 Å². The van der Waals surface area contributed by atoms with Crippen molar-refractivity contribution in [2.75, 3.05) is 7.11 Å². The van der Waals surface area contributed by atoms with Crippen molar-refractivity contribution >= 4 is 21.4 Å². The zero-order valence-electron chi connectivity index (χ0n) is 15.0. The van der Waals surface area contributed by atoms with E-state index < -0.39 is 10.0 Å². The van der Waals surface area contributed by atoms with Gasteiger partial charge in [-0.05, 0) is 24.1 Å². The van der Waals surface area contributed by atoms with Crippen molar-refractivity contribution in [1.82, 2.24) is 9.88 Å². The minimum absolute atomic E-state index is 0.101. The second-order valence-corrected chi connectivity index (χ2v) is 9.92. The summed E-state index contributed by atoms with van der Waals surface area (Å²) < 4.78 is 38.9. The highest BCUT2D eigenvalue weighted by atomic mass is 32.2. The molecule has 0 bridgehead atoms. The lowest BCUT2D eigenvalue weighted by atomic mass is 9.98. The second-order valence-electron chi connectivity index (χ2n) is 6.89. The Labute approximate surface area is 162 Å². The molecule has 1 fully saturated rings. The second kappa shape index (κ2) is 6.87. The highest BCUT2D eigenvalue weighted by Crippen LogP contribution is 2.48. The maximum Gasteiger partial charge on any atom is 0.250 e. The quantitative estimate of drug-likeness (QED) is 0.651. The molecule has 0 unspecified atom stereocenters. The number of nitrogens with zero attached hydrogens (tertiary/aromatic N) is 1. The van der Waals surface area contributed by atoms with Crippen LogP contribution in [0.4, 0.5) is 0 Å². The van der Waals surface area contributed by atoms with Gasteiger partial charge in [-0.15, -0.1) is 11.3 Å². The number of hydrogen-bond acceptors (Lipinski definition) is 6. The average Bonchev–Trinajstić information content (AvgIpc) is 3.05. The third-order valence-electron chi connectivity index (χ3n) is 4.91. The van der Waals surface area contributed by atoms with E-state index in [1.807, 2.05) is 30.3 Å². The molecule has 8 heteroatoms. The first-order chi connectivity index (χ1) is 12.9. The van der Waals surface area contributed by atoms with Crippen LogP contribution < -0.4 is 4.72 Å².